The fraction of sp³-hybridized carbons (Fsp3) is 0.538. The lowest BCUT2D eigenvalue weighted by Crippen LogP contribution is -2.40. The maximum Gasteiger partial charge on any atom is 0.240 e. The first kappa shape index (κ1) is 26.1. The second-order valence-electron chi connectivity index (χ2n) is 10.0. The number of sulfonamides is 2. The van der Waals surface area contributed by atoms with Gasteiger partial charge in [-0.1, -0.05) is 39.5 Å². The van der Waals surface area contributed by atoms with Crippen LogP contribution in [0.1, 0.15) is 65.2 Å². The predicted molar refractivity (Wildman–Crippen MR) is 136 cm³/mol. The highest BCUT2D eigenvalue weighted by Crippen LogP contribution is 2.28. The topological polar surface area (TPSA) is 102 Å². The average Bonchev–Trinajstić information content (AvgIpc) is 2.83. The SMILES string of the molecule is C[C@@H]1CCCC[C@@H]1NS(=O)(=O)c1ccc(Oc2ccc(S(=O)(=O)N[C@@H]3CCCC[C@H]3C)cc2)cc1. The molecule has 4 rings (SSSR count). The summed E-state index contributed by atoms with van der Waals surface area (Å²) in [4.78, 5) is 0.402. The van der Waals surface area contributed by atoms with Crippen molar-refractivity contribution in [2.45, 2.75) is 87.1 Å². The Labute approximate surface area is 209 Å². The standard InChI is InChI=1S/C26H36N2O5S2/c1-19-7-3-5-9-25(19)27-34(29,30)23-15-11-21(12-16-23)33-22-13-17-24(18-14-22)35(31,32)28-26-10-6-4-8-20(26)2/h11-20,25-28H,3-10H2,1-2H3/t19-,20-,25-,26+/m1/s1. The molecule has 192 valence electrons. The van der Waals surface area contributed by atoms with Crippen molar-refractivity contribution in [3.05, 3.63) is 48.5 Å². The molecule has 0 aliphatic heterocycles. The molecule has 0 aromatic heterocycles. The second-order valence-corrected chi connectivity index (χ2v) is 13.5. The molecule has 0 radical (unpaired) electrons. The van der Waals surface area contributed by atoms with Crippen LogP contribution in [0.3, 0.4) is 0 Å². The average molecular weight is 521 g/mol. The lowest BCUT2D eigenvalue weighted by Gasteiger charge is -2.29. The van der Waals surface area contributed by atoms with Crippen molar-refractivity contribution in [2.24, 2.45) is 11.8 Å². The summed E-state index contributed by atoms with van der Waals surface area (Å²) in [6, 6.07) is 12.5. The van der Waals surface area contributed by atoms with Crippen molar-refractivity contribution in [2.75, 3.05) is 0 Å². The van der Waals surface area contributed by atoms with Crippen LogP contribution in [-0.2, 0) is 20.0 Å². The summed E-state index contributed by atoms with van der Waals surface area (Å²) in [5.74, 6) is 1.60. The summed E-state index contributed by atoms with van der Waals surface area (Å²) in [7, 11) is -7.20. The minimum absolute atomic E-state index is 0.0321. The smallest absolute Gasteiger partial charge is 0.240 e. The molecule has 9 heteroatoms. The van der Waals surface area contributed by atoms with E-state index >= 15 is 0 Å². The van der Waals surface area contributed by atoms with Crippen LogP contribution in [-0.4, -0.2) is 28.9 Å². The Hall–Kier alpha value is -1.94. The van der Waals surface area contributed by atoms with Crippen LogP contribution in [0.4, 0.5) is 0 Å². The number of nitrogens with one attached hydrogen (secondary N) is 2. The van der Waals surface area contributed by atoms with Crippen LogP contribution in [0, 0.1) is 11.8 Å². The Morgan fingerprint density at radius 3 is 1.29 bits per heavy atom. The maximum absolute atomic E-state index is 12.8. The zero-order chi connectivity index (χ0) is 25.1. The van der Waals surface area contributed by atoms with Gasteiger partial charge in [0.1, 0.15) is 11.5 Å². The first-order valence-electron chi connectivity index (χ1n) is 12.6. The van der Waals surface area contributed by atoms with Gasteiger partial charge in [0, 0.05) is 12.1 Å². The molecular weight excluding hydrogens is 484 g/mol. The lowest BCUT2D eigenvalue weighted by molar-refractivity contribution is 0.310. The van der Waals surface area contributed by atoms with E-state index in [1.165, 1.54) is 24.3 Å². The largest absolute Gasteiger partial charge is 0.457 e. The number of rotatable bonds is 8. The van der Waals surface area contributed by atoms with E-state index in [1.54, 1.807) is 24.3 Å². The van der Waals surface area contributed by atoms with Gasteiger partial charge in [-0.3, -0.25) is 0 Å². The molecule has 2 aliphatic rings. The van der Waals surface area contributed by atoms with Crippen LogP contribution >= 0.6 is 0 Å². The predicted octanol–water partition coefficient (Wildman–Crippen LogP) is 5.19. The summed E-state index contributed by atoms with van der Waals surface area (Å²) in [6.45, 7) is 4.18. The fourth-order valence-electron chi connectivity index (χ4n) is 5.03. The van der Waals surface area contributed by atoms with Gasteiger partial charge in [-0.25, -0.2) is 26.3 Å². The maximum atomic E-state index is 12.8. The Balaban J connectivity index is 1.38. The van der Waals surface area contributed by atoms with Crippen molar-refractivity contribution in [1.82, 2.24) is 9.44 Å². The van der Waals surface area contributed by atoms with Crippen LogP contribution in [0.5, 0.6) is 11.5 Å². The Morgan fingerprint density at radius 1 is 0.600 bits per heavy atom. The molecule has 2 aliphatic carbocycles. The highest BCUT2D eigenvalue weighted by atomic mass is 32.2. The number of benzene rings is 2. The van der Waals surface area contributed by atoms with Gasteiger partial charge < -0.3 is 4.74 Å². The lowest BCUT2D eigenvalue weighted by atomic mass is 9.87. The van der Waals surface area contributed by atoms with Gasteiger partial charge in [-0.05, 0) is 86.1 Å². The quantitative estimate of drug-likeness (QED) is 0.499. The van der Waals surface area contributed by atoms with Crippen LogP contribution in [0.15, 0.2) is 58.3 Å². The van der Waals surface area contributed by atoms with Crippen molar-refractivity contribution in [3.8, 4) is 11.5 Å². The van der Waals surface area contributed by atoms with Gasteiger partial charge >= 0.3 is 0 Å². The summed E-state index contributed by atoms with van der Waals surface area (Å²) in [5, 5.41) is 0. The van der Waals surface area contributed by atoms with Gasteiger partial charge in [-0.15, -0.1) is 0 Å². The van der Waals surface area contributed by atoms with Crippen molar-refractivity contribution < 1.29 is 21.6 Å². The highest BCUT2D eigenvalue weighted by molar-refractivity contribution is 7.89. The van der Waals surface area contributed by atoms with E-state index in [-0.39, 0.29) is 21.9 Å². The van der Waals surface area contributed by atoms with Crippen LogP contribution in [0.25, 0.3) is 0 Å². The van der Waals surface area contributed by atoms with Crippen LogP contribution in [0.2, 0.25) is 0 Å². The molecule has 2 saturated carbocycles. The number of ether oxygens (including phenoxy) is 1. The molecule has 0 bridgehead atoms. The van der Waals surface area contributed by atoms with E-state index in [4.69, 9.17) is 4.74 Å². The molecule has 7 nitrogen and oxygen atoms in total. The molecule has 2 N–H and O–H groups in total. The highest BCUT2D eigenvalue weighted by Gasteiger charge is 2.28. The molecule has 4 atom stereocenters. The Bertz CT molecular complexity index is 1100. The van der Waals surface area contributed by atoms with Gasteiger partial charge in [0.2, 0.25) is 20.0 Å². The third-order valence-corrected chi connectivity index (χ3v) is 10.4. The van der Waals surface area contributed by atoms with Crippen molar-refractivity contribution >= 4 is 20.0 Å². The first-order valence-corrected chi connectivity index (χ1v) is 15.5. The Morgan fingerprint density at radius 2 is 0.943 bits per heavy atom. The first-order chi connectivity index (χ1) is 16.6. The molecule has 0 heterocycles. The van der Waals surface area contributed by atoms with E-state index in [9.17, 15) is 16.8 Å². The molecular formula is C26H36N2O5S2. The molecule has 0 amide bonds. The molecule has 2 aromatic rings. The molecule has 2 aromatic carbocycles. The molecule has 2 fully saturated rings. The van der Waals surface area contributed by atoms with Gasteiger partial charge in [0.05, 0.1) is 9.79 Å². The summed E-state index contributed by atoms with van der Waals surface area (Å²) in [6.07, 6.45) is 8.18. The second kappa shape index (κ2) is 11.0. The molecule has 35 heavy (non-hydrogen) atoms. The molecule has 0 saturated heterocycles. The van der Waals surface area contributed by atoms with Crippen molar-refractivity contribution in [3.63, 3.8) is 0 Å². The molecule has 0 unspecified atom stereocenters. The normalized spacial score (nSPS) is 25.8. The summed E-state index contributed by atoms with van der Waals surface area (Å²) >= 11 is 0. The zero-order valence-corrected chi connectivity index (χ0v) is 22.1. The van der Waals surface area contributed by atoms with Crippen LogP contribution < -0.4 is 14.2 Å². The van der Waals surface area contributed by atoms with E-state index in [0.717, 1.165) is 51.4 Å². The Kier molecular flexibility index (Phi) is 8.20. The summed E-state index contributed by atoms with van der Waals surface area (Å²) < 4.78 is 62.7. The number of hydrogen-bond acceptors (Lipinski definition) is 5. The van der Waals surface area contributed by atoms with Gasteiger partial charge in [0.25, 0.3) is 0 Å². The fourth-order valence-corrected chi connectivity index (χ4v) is 7.79. The minimum atomic E-state index is -3.60. The van der Waals surface area contributed by atoms with Crippen molar-refractivity contribution in [1.29, 1.82) is 0 Å². The third-order valence-electron chi connectivity index (χ3n) is 7.34. The van der Waals surface area contributed by atoms with Gasteiger partial charge in [-0.2, -0.15) is 0 Å². The van der Waals surface area contributed by atoms with E-state index in [0.29, 0.717) is 23.3 Å². The third kappa shape index (κ3) is 6.64. The number of hydrogen-bond donors (Lipinski definition) is 2. The zero-order valence-electron chi connectivity index (χ0n) is 20.4. The molecule has 0 spiro atoms. The minimum Gasteiger partial charge on any atom is -0.457 e. The van der Waals surface area contributed by atoms with E-state index in [2.05, 4.69) is 23.3 Å². The van der Waals surface area contributed by atoms with E-state index in [1.807, 2.05) is 0 Å². The summed E-state index contributed by atoms with van der Waals surface area (Å²) in [5.41, 5.74) is 0. The van der Waals surface area contributed by atoms with Gasteiger partial charge in [0.15, 0.2) is 0 Å². The van der Waals surface area contributed by atoms with E-state index < -0.39 is 20.0 Å². The monoisotopic (exact) mass is 520 g/mol.